The number of likely N-dealkylation sites (N-methyl/N-ethyl adjacent to an activating group) is 1. The number of aromatic nitrogens is 3. The van der Waals surface area contributed by atoms with Gasteiger partial charge in [0.05, 0.1) is 11.1 Å². The van der Waals surface area contributed by atoms with Crippen LogP contribution in [0.3, 0.4) is 0 Å². The fourth-order valence-corrected chi connectivity index (χ4v) is 3.75. The fourth-order valence-electron chi connectivity index (χ4n) is 3.75. The van der Waals surface area contributed by atoms with E-state index in [-0.39, 0.29) is 5.91 Å². The zero-order valence-electron chi connectivity index (χ0n) is 15.5. The molecule has 1 amide bonds. The Morgan fingerprint density at radius 2 is 1.93 bits per heavy atom. The Balaban J connectivity index is 1.52. The Morgan fingerprint density at radius 1 is 1.11 bits per heavy atom. The van der Waals surface area contributed by atoms with Gasteiger partial charge >= 0.3 is 0 Å². The lowest BCUT2D eigenvalue weighted by atomic mass is 9.98. The number of pyridine rings is 1. The molecule has 3 heterocycles. The summed E-state index contributed by atoms with van der Waals surface area (Å²) in [7, 11) is 2.12. The molecule has 0 radical (unpaired) electrons. The lowest BCUT2D eigenvalue weighted by molar-refractivity contribution is 0.0745. The number of carbonyl (C=O) groups is 1. The van der Waals surface area contributed by atoms with E-state index in [2.05, 4.69) is 39.0 Å². The maximum atomic E-state index is 12.8. The van der Waals surface area contributed by atoms with E-state index in [0.29, 0.717) is 11.5 Å². The van der Waals surface area contributed by atoms with Crippen molar-refractivity contribution in [2.24, 2.45) is 5.92 Å². The lowest BCUT2D eigenvalue weighted by Gasteiger charge is -2.24. The van der Waals surface area contributed by atoms with E-state index < -0.39 is 0 Å². The zero-order chi connectivity index (χ0) is 18.6. The summed E-state index contributed by atoms with van der Waals surface area (Å²) < 4.78 is 0. The van der Waals surface area contributed by atoms with Crippen LogP contribution >= 0.6 is 0 Å². The first kappa shape index (κ1) is 17.5. The second-order valence-electron chi connectivity index (χ2n) is 7.25. The van der Waals surface area contributed by atoms with Crippen molar-refractivity contribution in [3.63, 3.8) is 0 Å². The molecular weight excluding hydrogens is 338 g/mol. The number of carbonyl (C=O) groups excluding carboxylic acids is 1. The SMILES string of the molecule is CN1CCN(C(=O)c2cncnc2)C[C@H](Cc2cnc3ccccc3c2)C1. The largest absolute Gasteiger partial charge is 0.337 e. The molecule has 0 bridgehead atoms. The van der Waals surface area contributed by atoms with Crippen LogP contribution in [0.2, 0.25) is 0 Å². The van der Waals surface area contributed by atoms with Crippen LogP contribution in [0.1, 0.15) is 15.9 Å². The summed E-state index contributed by atoms with van der Waals surface area (Å²) in [6.07, 6.45) is 7.49. The molecule has 1 atom stereocenters. The minimum atomic E-state index is 0.00698. The van der Waals surface area contributed by atoms with E-state index in [1.165, 1.54) is 11.9 Å². The topological polar surface area (TPSA) is 62.2 Å². The molecule has 138 valence electrons. The number of fused-ring (bicyclic) bond motifs is 1. The van der Waals surface area contributed by atoms with E-state index in [0.717, 1.165) is 43.5 Å². The predicted molar refractivity (Wildman–Crippen MR) is 104 cm³/mol. The van der Waals surface area contributed by atoms with Crippen LogP contribution in [0.25, 0.3) is 10.9 Å². The third-order valence-corrected chi connectivity index (χ3v) is 5.07. The molecule has 27 heavy (non-hydrogen) atoms. The highest BCUT2D eigenvalue weighted by Gasteiger charge is 2.25. The molecule has 1 aliphatic rings. The van der Waals surface area contributed by atoms with Crippen molar-refractivity contribution < 1.29 is 4.79 Å². The minimum absolute atomic E-state index is 0.00698. The normalized spacial score (nSPS) is 18.4. The number of rotatable bonds is 3. The smallest absolute Gasteiger partial charge is 0.257 e. The van der Waals surface area contributed by atoms with Gasteiger partial charge in [0.2, 0.25) is 0 Å². The third kappa shape index (κ3) is 4.11. The van der Waals surface area contributed by atoms with Crippen molar-refractivity contribution in [1.29, 1.82) is 0 Å². The van der Waals surface area contributed by atoms with Crippen molar-refractivity contribution >= 4 is 16.8 Å². The Bertz CT molecular complexity index is 930. The monoisotopic (exact) mass is 361 g/mol. The Hall–Kier alpha value is -2.86. The average Bonchev–Trinajstić information content (AvgIpc) is 2.89. The first-order valence-corrected chi connectivity index (χ1v) is 9.25. The van der Waals surface area contributed by atoms with Crippen molar-refractivity contribution in [2.45, 2.75) is 6.42 Å². The Morgan fingerprint density at radius 3 is 2.78 bits per heavy atom. The van der Waals surface area contributed by atoms with Gasteiger partial charge < -0.3 is 9.80 Å². The first-order valence-electron chi connectivity index (χ1n) is 9.25. The van der Waals surface area contributed by atoms with Crippen LogP contribution in [0.5, 0.6) is 0 Å². The average molecular weight is 361 g/mol. The highest BCUT2D eigenvalue weighted by molar-refractivity contribution is 5.93. The first-order chi connectivity index (χ1) is 13.2. The van der Waals surface area contributed by atoms with E-state index in [1.807, 2.05) is 29.3 Å². The van der Waals surface area contributed by atoms with E-state index in [1.54, 1.807) is 12.4 Å². The van der Waals surface area contributed by atoms with Crippen LogP contribution in [-0.4, -0.2) is 63.9 Å². The van der Waals surface area contributed by atoms with Gasteiger partial charge in [-0.15, -0.1) is 0 Å². The molecule has 0 saturated carbocycles. The molecule has 6 nitrogen and oxygen atoms in total. The number of nitrogens with zero attached hydrogens (tertiary/aromatic N) is 5. The van der Waals surface area contributed by atoms with E-state index >= 15 is 0 Å². The number of para-hydroxylation sites is 1. The molecule has 1 aliphatic heterocycles. The summed E-state index contributed by atoms with van der Waals surface area (Å²) in [5.41, 5.74) is 2.78. The number of benzene rings is 1. The zero-order valence-corrected chi connectivity index (χ0v) is 15.5. The van der Waals surface area contributed by atoms with Crippen molar-refractivity contribution in [3.05, 3.63) is 66.4 Å². The van der Waals surface area contributed by atoms with E-state index in [9.17, 15) is 4.79 Å². The molecule has 0 aliphatic carbocycles. The summed E-state index contributed by atoms with van der Waals surface area (Å²) in [6, 6.07) is 10.4. The van der Waals surface area contributed by atoms with Gasteiger partial charge in [0.1, 0.15) is 6.33 Å². The van der Waals surface area contributed by atoms with Crippen molar-refractivity contribution in [2.75, 3.05) is 33.2 Å². The van der Waals surface area contributed by atoms with Crippen LogP contribution in [0.4, 0.5) is 0 Å². The van der Waals surface area contributed by atoms with Crippen molar-refractivity contribution in [1.82, 2.24) is 24.8 Å². The van der Waals surface area contributed by atoms with Crippen LogP contribution < -0.4 is 0 Å². The van der Waals surface area contributed by atoms with Crippen molar-refractivity contribution in [3.8, 4) is 0 Å². The highest BCUT2D eigenvalue weighted by Crippen LogP contribution is 2.19. The molecule has 0 N–H and O–H groups in total. The van der Waals surface area contributed by atoms with Gasteiger partial charge in [0.15, 0.2) is 0 Å². The van der Waals surface area contributed by atoms with Gasteiger partial charge in [-0.2, -0.15) is 0 Å². The lowest BCUT2D eigenvalue weighted by Crippen LogP contribution is -2.36. The standard InChI is InChI=1S/C21H23N5O/c1-25-6-7-26(21(27)19-11-22-15-23-12-19)14-17(13-25)8-16-9-18-4-2-3-5-20(18)24-10-16/h2-5,9-12,15,17H,6-8,13-14H2,1H3/t17-/m1/s1. The second kappa shape index (κ2) is 7.80. The van der Waals surface area contributed by atoms with E-state index in [4.69, 9.17) is 0 Å². The summed E-state index contributed by atoms with van der Waals surface area (Å²) in [6.45, 7) is 3.27. The maximum absolute atomic E-state index is 12.8. The Labute approximate surface area is 158 Å². The molecule has 6 heteroatoms. The van der Waals surface area contributed by atoms with Gasteiger partial charge in [0, 0.05) is 50.2 Å². The van der Waals surface area contributed by atoms with Crippen LogP contribution in [-0.2, 0) is 6.42 Å². The molecule has 3 aromatic rings. The van der Waals surface area contributed by atoms with Gasteiger partial charge in [-0.25, -0.2) is 9.97 Å². The van der Waals surface area contributed by atoms with Gasteiger partial charge in [-0.1, -0.05) is 18.2 Å². The molecule has 0 unspecified atom stereocenters. The van der Waals surface area contributed by atoms with Crippen LogP contribution in [0.15, 0.2) is 55.2 Å². The summed E-state index contributed by atoms with van der Waals surface area (Å²) in [4.78, 5) is 29.6. The molecule has 2 aromatic heterocycles. The summed E-state index contributed by atoms with van der Waals surface area (Å²) >= 11 is 0. The van der Waals surface area contributed by atoms with Crippen LogP contribution in [0, 0.1) is 5.92 Å². The number of hydrogen-bond acceptors (Lipinski definition) is 5. The number of amides is 1. The molecule has 1 aromatic carbocycles. The van der Waals surface area contributed by atoms with Gasteiger partial charge in [-0.3, -0.25) is 9.78 Å². The summed E-state index contributed by atoms with van der Waals surface area (Å²) in [5.74, 6) is 0.363. The molecule has 1 saturated heterocycles. The maximum Gasteiger partial charge on any atom is 0.257 e. The molecular formula is C21H23N5O. The Kier molecular flexibility index (Phi) is 5.07. The molecule has 0 spiro atoms. The minimum Gasteiger partial charge on any atom is -0.337 e. The van der Waals surface area contributed by atoms with Gasteiger partial charge in [-0.05, 0) is 37.1 Å². The predicted octanol–water partition coefficient (Wildman–Crippen LogP) is 2.27. The summed E-state index contributed by atoms with van der Waals surface area (Å²) in [5, 5.41) is 1.16. The second-order valence-corrected chi connectivity index (χ2v) is 7.25. The third-order valence-electron chi connectivity index (χ3n) is 5.07. The number of hydrogen-bond donors (Lipinski definition) is 0. The highest BCUT2D eigenvalue weighted by atomic mass is 16.2. The quantitative estimate of drug-likeness (QED) is 0.716. The van der Waals surface area contributed by atoms with Gasteiger partial charge in [0.25, 0.3) is 5.91 Å². The molecule has 1 fully saturated rings. The fraction of sp³-hybridized carbons (Fsp3) is 0.333. The molecule has 4 rings (SSSR count).